The van der Waals surface area contributed by atoms with Gasteiger partial charge in [-0.3, -0.25) is 4.79 Å². The summed E-state index contributed by atoms with van der Waals surface area (Å²) in [6.07, 6.45) is 4.12. The number of aryl methyl sites for hydroxylation is 1. The van der Waals surface area contributed by atoms with Crippen LogP contribution < -0.4 is 5.43 Å². The van der Waals surface area contributed by atoms with Crippen molar-refractivity contribution in [3.63, 3.8) is 0 Å². The van der Waals surface area contributed by atoms with Gasteiger partial charge in [0.05, 0.1) is 0 Å². The molecule has 0 saturated carbocycles. The largest absolute Gasteiger partial charge is 0.271 e. The summed E-state index contributed by atoms with van der Waals surface area (Å²) in [6, 6.07) is 7.68. The van der Waals surface area contributed by atoms with Gasteiger partial charge in [0.15, 0.2) is 0 Å². The van der Waals surface area contributed by atoms with Gasteiger partial charge in [-0.1, -0.05) is 53.2 Å². The van der Waals surface area contributed by atoms with Gasteiger partial charge in [-0.2, -0.15) is 5.10 Å². The molecule has 0 spiro atoms. The second-order valence-corrected chi connectivity index (χ2v) is 6.40. The van der Waals surface area contributed by atoms with Gasteiger partial charge in [0, 0.05) is 16.7 Å². The Bertz CT molecular complexity index is 481. The van der Waals surface area contributed by atoms with E-state index >= 15 is 0 Å². The van der Waals surface area contributed by atoms with Crippen molar-refractivity contribution in [2.75, 3.05) is 0 Å². The summed E-state index contributed by atoms with van der Waals surface area (Å²) in [4.78, 5) is 12.1. The summed E-state index contributed by atoms with van der Waals surface area (Å²) < 4.78 is 0. The first-order valence-electron chi connectivity index (χ1n) is 7.84. The molecule has 0 aromatic heterocycles. The molecule has 0 unspecified atom stereocenters. The summed E-state index contributed by atoms with van der Waals surface area (Å²) in [5.74, 6) is -0.143. The molecule has 0 bridgehead atoms. The number of rotatable bonds is 6. The van der Waals surface area contributed by atoms with Crippen molar-refractivity contribution in [3.05, 3.63) is 35.4 Å². The minimum atomic E-state index is -0.143. The molecule has 1 amide bonds. The van der Waals surface area contributed by atoms with Crippen LogP contribution >= 0.6 is 0 Å². The molecule has 1 rings (SSSR count). The van der Waals surface area contributed by atoms with Crippen molar-refractivity contribution in [3.8, 4) is 0 Å². The number of hydrogen-bond donors (Lipinski definition) is 1. The monoisotopic (exact) mass is 288 g/mol. The van der Waals surface area contributed by atoms with E-state index in [4.69, 9.17) is 0 Å². The van der Waals surface area contributed by atoms with Crippen LogP contribution in [0.15, 0.2) is 29.4 Å². The van der Waals surface area contributed by atoms with E-state index < -0.39 is 0 Å². The molecule has 0 radical (unpaired) electrons. The van der Waals surface area contributed by atoms with E-state index in [1.54, 1.807) is 0 Å². The molecule has 1 N–H and O–H groups in total. The average Bonchev–Trinajstić information content (AvgIpc) is 2.45. The second-order valence-electron chi connectivity index (χ2n) is 6.40. The molecule has 0 atom stereocenters. The van der Waals surface area contributed by atoms with E-state index in [2.05, 4.69) is 45.1 Å². The number of carbonyl (C=O) groups is 1. The second kappa shape index (κ2) is 7.96. The van der Waals surface area contributed by atoms with Crippen molar-refractivity contribution in [1.29, 1.82) is 0 Å². The summed E-state index contributed by atoms with van der Waals surface area (Å²) in [7, 11) is 0. The van der Waals surface area contributed by atoms with E-state index in [0.29, 0.717) is 5.56 Å². The van der Waals surface area contributed by atoms with Crippen molar-refractivity contribution in [1.82, 2.24) is 5.43 Å². The smallest absolute Gasteiger partial charge is 0.267 e. The van der Waals surface area contributed by atoms with Crippen molar-refractivity contribution in [2.45, 2.75) is 60.3 Å². The Morgan fingerprint density at radius 3 is 2.24 bits per heavy atom. The first-order valence-corrected chi connectivity index (χ1v) is 7.84. The third-order valence-electron chi connectivity index (χ3n) is 3.55. The molecule has 116 valence electrons. The van der Waals surface area contributed by atoms with Gasteiger partial charge >= 0.3 is 0 Å². The van der Waals surface area contributed by atoms with Crippen LogP contribution in [-0.4, -0.2) is 11.6 Å². The Hall–Kier alpha value is -1.64. The Labute approximate surface area is 128 Å². The summed E-state index contributed by atoms with van der Waals surface area (Å²) >= 11 is 0. The molecular formula is C18H28N2O. The normalized spacial score (nSPS) is 12.3. The Morgan fingerprint density at radius 2 is 1.76 bits per heavy atom. The van der Waals surface area contributed by atoms with Crippen LogP contribution in [0.1, 0.15) is 69.8 Å². The Kier molecular flexibility index (Phi) is 6.60. The van der Waals surface area contributed by atoms with E-state index in [1.807, 2.05) is 24.3 Å². The lowest BCUT2D eigenvalue weighted by atomic mass is 9.87. The number of amides is 1. The minimum absolute atomic E-state index is 0.0193. The molecule has 0 aliphatic carbocycles. The molecule has 0 heterocycles. The van der Waals surface area contributed by atoms with Crippen LogP contribution in [0.2, 0.25) is 0 Å². The molecule has 3 nitrogen and oxygen atoms in total. The molecule has 21 heavy (non-hydrogen) atoms. The number of unbranched alkanes of at least 4 members (excludes halogenated alkanes) is 1. The fourth-order valence-electron chi connectivity index (χ4n) is 2.02. The highest BCUT2D eigenvalue weighted by atomic mass is 16.2. The number of nitrogens with one attached hydrogen (secondary N) is 1. The standard InChI is InChI=1S/C18H28N2O/c1-6-8-9-16(18(3,4)5)19-20-17(21)15-12-10-14(7-2)11-13-15/h10-13H,6-9H2,1-5H3,(H,20,21). The van der Waals surface area contributed by atoms with Crippen LogP contribution in [0, 0.1) is 5.41 Å². The highest BCUT2D eigenvalue weighted by molar-refractivity contribution is 5.96. The predicted octanol–water partition coefficient (Wildman–Crippen LogP) is 4.57. The Morgan fingerprint density at radius 1 is 1.14 bits per heavy atom. The zero-order chi connectivity index (χ0) is 15.9. The van der Waals surface area contributed by atoms with Crippen LogP contribution in [-0.2, 0) is 6.42 Å². The zero-order valence-corrected chi connectivity index (χ0v) is 14.0. The van der Waals surface area contributed by atoms with Crippen molar-refractivity contribution >= 4 is 11.6 Å². The molecule has 0 fully saturated rings. The van der Waals surface area contributed by atoms with Crippen molar-refractivity contribution in [2.24, 2.45) is 10.5 Å². The highest BCUT2D eigenvalue weighted by Crippen LogP contribution is 2.20. The first-order chi connectivity index (χ1) is 9.88. The molecule has 0 aliphatic heterocycles. The highest BCUT2D eigenvalue weighted by Gasteiger charge is 2.19. The lowest BCUT2D eigenvalue weighted by molar-refractivity contribution is 0.0954. The van der Waals surface area contributed by atoms with E-state index in [-0.39, 0.29) is 11.3 Å². The fraction of sp³-hybridized carbons (Fsp3) is 0.556. The third-order valence-corrected chi connectivity index (χ3v) is 3.55. The molecule has 0 saturated heterocycles. The van der Waals surface area contributed by atoms with Gasteiger partial charge in [-0.05, 0) is 37.0 Å². The number of hydrazone groups is 1. The van der Waals surface area contributed by atoms with Crippen LogP contribution in [0.4, 0.5) is 0 Å². The maximum Gasteiger partial charge on any atom is 0.271 e. The van der Waals surface area contributed by atoms with Crippen LogP contribution in [0.5, 0.6) is 0 Å². The maximum atomic E-state index is 12.1. The predicted molar refractivity (Wildman–Crippen MR) is 89.7 cm³/mol. The lowest BCUT2D eigenvalue weighted by Gasteiger charge is -2.21. The lowest BCUT2D eigenvalue weighted by Crippen LogP contribution is -2.26. The first kappa shape index (κ1) is 17.4. The van der Waals surface area contributed by atoms with Gasteiger partial charge < -0.3 is 0 Å². The number of carbonyl (C=O) groups excluding carboxylic acids is 1. The maximum absolute atomic E-state index is 12.1. The van der Waals surface area contributed by atoms with Gasteiger partial charge in [0.1, 0.15) is 0 Å². The molecule has 1 aromatic carbocycles. The minimum Gasteiger partial charge on any atom is -0.267 e. The molecular weight excluding hydrogens is 260 g/mol. The SMILES string of the molecule is CCCCC(=NNC(=O)c1ccc(CC)cc1)C(C)(C)C. The summed E-state index contributed by atoms with van der Waals surface area (Å²) in [5.41, 5.74) is 5.61. The topological polar surface area (TPSA) is 41.5 Å². The number of hydrogen-bond acceptors (Lipinski definition) is 2. The zero-order valence-electron chi connectivity index (χ0n) is 14.0. The molecule has 0 aliphatic rings. The average molecular weight is 288 g/mol. The van der Waals surface area contributed by atoms with Gasteiger partial charge in [-0.25, -0.2) is 5.43 Å². The Balaban J connectivity index is 2.76. The summed E-state index contributed by atoms with van der Waals surface area (Å²) in [5, 5.41) is 4.37. The third kappa shape index (κ3) is 5.70. The number of nitrogens with zero attached hydrogens (tertiary/aromatic N) is 1. The van der Waals surface area contributed by atoms with E-state index in [0.717, 1.165) is 31.4 Å². The van der Waals surface area contributed by atoms with E-state index in [1.165, 1.54) is 5.56 Å². The van der Waals surface area contributed by atoms with Gasteiger partial charge in [-0.15, -0.1) is 0 Å². The molecule has 1 aromatic rings. The summed E-state index contributed by atoms with van der Waals surface area (Å²) in [6.45, 7) is 10.6. The van der Waals surface area contributed by atoms with E-state index in [9.17, 15) is 4.79 Å². The number of benzene rings is 1. The van der Waals surface area contributed by atoms with Crippen LogP contribution in [0.25, 0.3) is 0 Å². The van der Waals surface area contributed by atoms with Crippen molar-refractivity contribution < 1.29 is 4.79 Å². The fourth-order valence-corrected chi connectivity index (χ4v) is 2.02. The van der Waals surface area contributed by atoms with Crippen LogP contribution in [0.3, 0.4) is 0 Å². The molecule has 3 heteroatoms. The van der Waals surface area contributed by atoms with Gasteiger partial charge in [0.2, 0.25) is 0 Å². The van der Waals surface area contributed by atoms with Gasteiger partial charge in [0.25, 0.3) is 5.91 Å². The quantitative estimate of drug-likeness (QED) is 0.604.